The second-order valence-electron chi connectivity index (χ2n) is 6.39. The van der Waals surface area contributed by atoms with Crippen molar-refractivity contribution < 1.29 is 20.1 Å². The van der Waals surface area contributed by atoms with Crippen molar-refractivity contribution in [3.05, 3.63) is 12.7 Å². The van der Waals surface area contributed by atoms with Crippen molar-refractivity contribution in [2.24, 2.45) is 0 Å². The summed E-state index contributed by atoms with van der Waals surface area (Å²) in [7, 11) is 0. The Morgan fingerprint density at radius 1 is 1.20 bits per heavy atom. The van der Waals surface area contributed by atoms with Crippen LogP contribution in [0.2, 0.25) is 0 Å². The molecule has 132 valence electrons. The van der Waals surface area contributed by atoms with E-state index in [-0.39, 0.29) is 6.04 Å². The molecule has 2 aliphatic rings. The second kappa shape index (κ2) is 6.24. The molecule has 0 spiro atoms. The van der Waals surface area contributed by atoms with E-state index in [2.05, 4.69) is 26.2 Å². The molecule has 3 heterocycles. The minimum atomic E-state index is -1.19. The molecule has 1 unspecified atom stereocenters. The minimum absolute atomic E-state index is 0.0794. The lowest BCUT2D eigenvalue weighted by molar-refractivity contribution is -0.0230. The van der Waals surface area contributed by atoms with Gasteiger partial charge in [0.2, 0.25) is 0 Å². The number of imidazole rings is 1. The summed E-state index contributed by atoms with van der Waals surface area (Å²) in [5.74, 6) is 2.82. The van der Waals surface area contributed by atoms with E-state index in [4.69, 9.17) is 11.2 Å². The van der Waals surface area contributed by atoms with Crippen LogP contribution in [0.1, 0.15) is 25.5 Å². The molecule has 1 aliphatic carbocycles. The quantitative estimate of drug-likeness (QED) is 0.544. The predicted molar refractivity (Wildman–Crippen MR) is 87.3 cm³/mol. The fourth-order valence-corrected chi connectivity index (χ4v) is 3.46. The molecule has 2 fully saturated rings. The maximum Gasteiger partial charge on any atom is 0.167 e. The lowest BCUT2D eigenvalue weighted by Crippen LogP contribution is -2.30. The average Bonchev–Trinajstić information content (AvgIpc) is 3.29. The van der Waals surface area contributed by atoms with E-state index in [1.54, 1.807) is 0 Å². The van der Waals surface area contributed by atoms with E-state index >= 15 is 0 Å². The van der Waals surface area contributed by atoms with E-state index < -0.39 is 30.6 Å². The van der Waals surface area contributed by atoms with Crippen molar-refractivity contribution in [1.82, 2.24) is 19.5 Å². The summed E-state index contributed by atoms with van der Waals surface area (Å²) >= 11 is 0. The smallest absolute Gasteiger partial charge is 0.167 e. The van der Waals surface area contributed by atoms with E-state index in [9.17, 15) is 15.3 Å². The zero-order valence-corrected chi connectivity index (χ0v) is 13.4. The first-order valence-electron chi connectivity index (χ1n) is 8.20. The van der Waals surface area contributed by atoms with Crippen LogP contribution in [0.15, 0.2) is 12.7 Å². The van der Waals surface area contributed by atoms with Gasteiger partial charge in [-0.15, -0.1) is 6.42 Å². The topological polar surface area (TPSA) is 126 Å². The van der Waals surface area contributed by atoms with E-state index in [0.717, 1.165) is 19.3 Å². The van der Waals surface area contributed by atoms with Crippen LogP contribution in [-0.4, -0.2) is 65.3 Å². The Bertz CT molecular complexity index is 818. The Morgan fingerprint density at radius 2 is 2.04 bits per heavy atom. The highest BCUT2D eigenvalue weighted by molar-refractivity contribution is 5.82. The van der Waals surface area contributed by atoms with Gasteiger partial charge in [0.05, 0.1) is 18.5 Å². The van der Waals surface area contributed by atoms with Gasteiger partial charge >= 0.3 is 0 Å². The van der Waals surface area contributed by atoms with Gasteiger partial charge < -0.3 is 25.4 Å². The van der Waals surface area contributed by atoms with Crippen LogP contribution in [0.25, 0.3) is 11.2 Å². The molecular formula is C16H19N5O4. The monoisotopic (exact) mass is 345 g/mol. The second-order valence-corrected chi connectivity index (χ2v) is 6.39. The highest BCUT2D eigenvalue weighted by atomic mass is 16.6. The molecule has 0 aromatic carbocycles. The molecule has 1 aliphatic heterocycles. The number of aliphatic hydroxyl groups excluding tert-OH is 3. The van der Waals surface area contributed by atoms with Crippen molar-refractivity contribution in [3.8, 4) is 12.3 Å². The molecule has 4 N–H and O–H groups in total. The first-order valence-corrected chi connectivity index (χ1v) is 8.20. The van der Waals surface area contributed by atoms with Gasteiger partial charge in [-0.05, 0) is 19.3 Å². The summed E-state index contributed by atoms with van der Waals surface area (Å²) in [6.45, 7) is 0. The largest absolute Gasteiger partial charge is 0.391 e. The van der Waals surface area contributed by atoms with E-state index in [0.29, 0.717) is 17.0 Å². The Labute approximate surface area is 143 Å². The summed E-state index contributed by atoms with van der Waals surface area (Å²) in [6.07, 6.45) is 6.15. The van der Waals surface area contributed by atoms with Crippen molar-refractivity contribution in [2.45, 2.75) is 55.9 Å². The third-order valence-electron chi connectivity index (χ3n) is 4.84. The highest BCUT2D eigenvalue weighted by Crippen LogP contribution is 2.32. The Balaban J connectivity index is 1.66. The average molecular weight is 345 g/mol. The van der Waals surface area contributed by atoms with Gasteiger partial charge in [-0.3, -0.25) is 4.57 Å². The Morgan fingerprint density at radius 3 is 2.72 bits per heavy atom. The fourth-order valence-electron chi connectivity index (χ4n) is 3.46. The Hall–Kier alpha value is -2.25. The van der Waals surface area contributed by atoms with Gasteiger partial charge in [0, 0.05) is 0 Å². The van der Waals surface area contributed by atoms with Crippen LogP contribution in [0.5, 0.6) is 0 Å². The van der Waals surface area contributed by atoms with Crippen LogP contribution in [0.4, 0.5) is 5.82 Å². The number of aromatic nitrogens is 4. The molecular weight excluding hydrogens is 326 g/mol. The maximum atomic E-state index is 10.2. The number of nitrogens with one attached hydrogen (secondary N) is 1. The number of ether oxygens (including phenoxy) is 1. The molecule has 2 aromatic heterocycles. The fraction of sp³-hybridized carbons (Fsp3) is 0.562. The van der Waals surface area contributed by atoms with Crippen LogP contribution in [-0.2, 0) is 4.74 Å². The molecule has 0 amide bonds. The van der Waals surface area contributed by atoms with Crippen LogP contribution in [0.3, 0.4) is 0 Å². The molecule has 2 aromatic rings. The van der Waals surface area contributed by atoms with Gasteiger partial charge in [0.1, 0.15) is 24.6 Å². The molecule has 6 atom stereocenters. The molecule has 1 saturated heterocycles. The normalized spacial score (nSPS) is 35.1. The lowest BCUT2D eigenvalue weighted by Gasteiger charge is -2.18. The number of nitrogens with zero attached hydrogens (tertiary/aromatic N) is 4. The first-order chi connectivity index (χ1) is 12.1. The van der Waals surface area contributed by atoms with E-state index in [1.165, 1.54) is 17.2 Å². The van der Waals surface area contributed by atoms with Gasteiger partial charge in [-0.1, -0.05) is 5.92 Å². The van der Waals surface area contributed by atoms with Crippen molar-refractivity contribution in [2.75, 3.05) is 5.32 Å². The Kier molecular flexibility index (Phi) is 4.05. The molecule has 4 rings (SSSR count). The number of anilines is 1. The van der Waals surface area contributed by atoms with Crippen molar-refractivity contribution >= 4 is 17.0 Å². The molecule has 9 heteroatoms. The zero-order valence-electron chi connectivity index (χ0n) is 13.4. The van der Waals surface area contributed by atoms with Gasteiger partial charge in [-0.25, -0.2) is 15.0 Å². The highest BCUT2D eigenvalue weighted by Gasteiger charge is 2.43. The van der Waals surface area contributed by atoms with Crippen LogP contribution < -0.4 is 5.32 Å². The number of aliphatic hydroxyl groups is 3. The number of terminal acetylenes is 1. The van der Waals surface area contributed by atoms with E-state index in [1.807, 2.05) is 0 Å². The standard InChI is InChI=1S/C16H19N5O4/c1-2-10-12(23)13(24)16(25-10)21-7-19-11-14(17-6-18-15(11)21)20-8-4-3-5-9(8)22/h1,6-10,12-13,16,22-24H,3-5H2,(H,17,18,20)/t8-,9-,10+,12?,13+,16+/m0/s1. The van der Waals surface area contributed by atoms with Crippen LogP contribution >= 0.6 is 0 Å². The molecule has 0 radical (unpaired) electrons. The number of fused-ring (bicyclic) bond motifs is 1. The minimum Gasteiger partial charge on any atom is -0.391 e. The summed E-state index contributed by atoms with van der Waals surface area (Å²) in [6, 6.07) is -0.0794. The van der Waals surface area contributed by atoms with Crippen molar-refractivity contribution in [1.29, 1.82) is 0 Å². The first kappa shape index (κ1) is 16.2. The summed E-state index contributed by atoms with van der Waals surface area (Å²) in [4.78, 5) is 12.7. The lowest BCUT2D eigenvalue weighted by atomic mass is 10.1. The third kappa shape index (κ3) is 2.63. The van der Waals surface area contributed by atoms with Crippen LogP contribution in [0, 0.1) is 12.3 Å². The van der Waals surface area contributed by atoms with Gasteiger partial charge in [-0.2, -0.15) is 0 Å². The summed E-state index contributed by atoms with van der Waals surface area (Å²) in [5, 5.41) is 33.4. The number of hydrogen-bond donors (Lipinski definition) is 4. The molecule has 25 heavy (non-hydrogen) atoms. The van der Waals surface area contributed by atoms with Crippen molar-refractivity contribution in [3.63, 3.8) is 0 Å². The SMILES string of the molecule is C#C[C@H]1O[C@@H](n2cnc3c(N[C@H]4CCC[C@@H]4O)ncnc32)[C@H](O)C1O. The predicted octanol–water partition coefficient (Wildman–Crippen LogP) is -0.596. The zero-order chi connectivity index (χ0) is 17.6. The van der Waals surface area contributed by atoms with Gasteiger partial charge in [0.15, 0.2) is 23.2 Å². The molecule has 1 saturated carbocycles. The molecule has 9 nitrogen and oxygen atoms in total. The number of rotatable bonds is 3. The number of hydrogen-bond acceptors (Lipinski definition) is 8. The summed E-state index contributed by atoms with van der Waals surface area (Å²) in [5.41, 5.74) is 0.940. The summed E-state index contributed by atoms with van der Waals surface area (Å²) < 4.78 is 7.07. The maximum absolute atomic E-state index is 10.2. The van der Waals surface area contributed by atoms with Gasteiger partial charge in [0.25, 0.3) is 0 Å². The third-order valence-corrected chi connectivity index (χ3v) is 4.84. The molecule has 0 bridgehead atoms.